The first-order valence-corrected chi connectivity index (χ1v) is 7.47. The fourth-order valence-corrected chi connectivity index (χ4v) is 2.49. The van der Waals surface area contributed by atoms with Crippen LogP contribution in [0.25, 0.3) is 28.7 Å². The van der Waals surface area contributed by atoms with E-state index in [1.807, 2.05) is 42.5 Å². The zero-order valence-corrected chi connectivity index (χ0v) is 13.1. The fraction of sp³-hybridized carbons (Fsp3) is 0. The minimum atomic E-state index is 0.185. The summed E-state index contributed by atoms with van der Waals surface area (Å²) in [6.45, 7) is 0. The summed E-state index contributed by atoms with van der Waals surface area (Å²) in [5.74, 6) is 0.865. The van der Waals surface area contributed by atoms with Crippen molar-refractivity contribution in [2.45, 2.75) is 0 Å². The van der Waals surface area contributed by atoms with Crippen LogP contribution in [0.2, 0.25) is 5.02 Å². The molecule has 0 aliphatic carbocycles. The van der Waals surface area contributed by atoms with Crippen LogP contribution in [0.5, 0.6) is 0 Å². The summed E-state index contributed by atoms with van der Waals surface area (Å²) in [5.41, 5.74) is 7.91. The van der Waals surface area contributed by atoms with Crippen LogP contribution in [0.3, 0.4) is 0 Å². The van der Waals surface area contributed by atoms with Crippen LogP contribution in [0.4, 0.5) is 5.82 Å². The van der Waals surface area contributed by atoms with Gasteiger partial charge in [-0.05, 0) is 24.3 Å². The molecule has 0 radical (unpaired) electrons. The third-order valence-corrected chi connectivity index (χ3v) is 3.78. The number of hydrogen-bond acceptors (Lipinski definition) is 6. The fourth-order valence-electron chi connectivity index (χ4n) is 2.27. The van der Waals surface area contributed by atoms with Crippen LogP contribution in [0.1, 0.15) is 0 Å². The Morgan fingerprint density at radius 2 is 1.75 bits per heavy atom. The van der Waals surface area contributed by atoms with Crippen molar-refractivity contribution in [2.75, 3.05) is 5.73 Å². The third-order valence-electron chi connectivity index (χ3n) is 3.45. The van der Waals surface area contributed by atoms with E-state index < -0.39 is 0 Å². The summed E-state index contributed by atoms with van der Waals surface area (Å²) >= 11 is 6.15. The highest BCUT2D eigenvalue weighted by atomic mass is 35.5. The van der Waals surface area contributed by atoms with Gasteiger partial charge in [-0.3, -0.25) is 0 Å². The summed E-state index contributed by atoms with van der Waals surface area (Å²) in [6, 6.07) is 16.7. The van der Waals surface area contributed by atoms with E-state index in [0.717, 1.165) is 5.69 Å². The molecule has 0 saturated heterocycles. The first-order chi connectivity index (χ1) is 11.7. The molecule has 0 aliphatic heterocycles. The van der Waals surface area contributed by atoms with Crippen LogP contribution in [0, 0.1) is 0 Å². The van der Waals surface area contributed by atoms with E-state index in [2.05, 4.69) is 20.5 Å². The average molecular weight is 339 g/mol. The zero-order chi connectivity index (χ0) is 16.5. The molecule has 0 fully saturated rings. The average Bonchev–Trinajstić information content (AvgIpc) is 3.23. The highest BCUT2D eigenvalue weighted by molar-refractivity contribution is 6.33. The van der Waals surface area contributed by atoms with Crippen LogP contribution >= 0.6 is 11.6 Å². The van der Waals surface area contributed by atoms with Gasteiger partial charge in [0, 0.05) is 5.56 Å². The predicted molar refractivity (Wildman–Crippen MR) is 89.5 cm³/mol. The van der Waals surface area contributed by atoms with E-state index in [0.29, 0.717) is 27.9 Å². The molecule has 0 bridgehead atoms. The molecule has 4 aromatic rings. The van der Waals surface area contributed by atoms with Crippen LogP contribution in [-0.4, -0.2) is 25.1 Å². The SMILES string of the molecule is Nc1c(-c2nc(-c3ccccc3Cl)no2)nnn1-c1ccccc1. The maximum Gasteiger partial charge on any atom is 0.282 e. The third kappa shape index (κ3) is 2.40. The number of nitrogens with zero attached hydrogens (tertiary/aromatic N) is 5. The van der Waals surface area contributed by atoms with Gasteiger partial charge >= 0.3 is 0 Å². The molecular weight excluding hydrogens is 328 g/mol. The monoisotopic (exact) mass is 338 g/mol. The van der Waals surface area contributed by atoms with Gasteiger partial charge in [-0.25, -0.2) is 0 Å². The number of nitrogens with two attached hydrogens (primary N) is 1. The van der Waals surface area contributed by atoms with Crippen molar-refractivity contribution < 1.29 is 4.52 Å². The van der Waals surface area contributed by atoms with Gasteiger partial charge in [0.15, 0.2) is 11.5 Å². The number of rotatable bonds is 3. The van der Waals surface area contributed by atoms with E-state index in [1.165, 1.54) is 4.68 Å². The highest BCUT2D eigenvalue weighted by Gasteiger charge is 2.20. The summed E-state index contributed by atoms with van der Waals surface area (Å²) in [4.78, 5) is 4.32. The van der Waals surface area contributed by atoms with E-state index in [9.17, 15) is 0 Å². The molecule has 0 amide bonds. The Hall–Kier alpha value is -3.19. The van der Waals surface area contributed by atoms with Crippen LogP contribution < -0.4 is 5.73 Å². The minimum Gasteiger partial charge on any atom is -0.382 e. The molecule has 0 unspecified atom stereocenters. The van der Waals surface area contributed by atoms with Gasteiger partial charge in [0.25, 0.3) is 5.89 Å². The lowest BCUT2D eigenvalue weighted by Crippen LogP contribution is -2.01. The van der Waals surface area contributed by atoms with Gasteiger partial charge in [0.1, 0.15) is 0 Å². The van der Waals surface area contributed by atoms with Gasteiger partial charge < -0.3 is 10.3 Å². The molecule has 118 valence electrons. The lowest BCUT2D eigenvalue weighted by atomic mass is 10.2. The number of aromatic nitrogens is 5. The van der Waals surface area contributed by atoms with Crippen molar-refractivity contribution in [3.63, 3.8) is 0 Å². The molecular formula is C16H11ClN6O. The van der Waals surface area contributed by atoms with E-state index in [1.54, 1.807) is 12.1 Å². The molecule has 0 spiro atoms. The smallest absolute Gasteiger partial charge is 0.282 e. The molecule has 8 heteroatoms. The molecule has 2 aromatic heterocycles. The molecule has 0 saturated carbocycles. The van der Waals surface area contributed by atoms with Gasteiger partial charge in [0.2, 0.25) is 5.82 Å². The Balaban J connectivity index is 1.74. The molecule has 2 N–H and O–H groups in total. The van der Waals surface area contributed by atoms with Crippen molar-refractivity contribution >= 4 is 17.4 Å². The largest absolute Gasteiger partial charge is 0.382 e. The normalized spacial score (nSPS) is 10.9. The van der Waals surface area contributed by atoms with E-state index >= 15 is 0 Å². The topological polar surface area (TPSA) is 95.7 Å². The maximum atomic E-state index is 6.15. The number of halogens is 1. The minimum absolute atomic E-state index is 0.185. The molecule has 4 rings (SSSR count). The molecule has 2 heterocycles. The van der Waals surface area contributed by atoms with Crippen molar-refractivity contribution in [1.82, 2.24) is 25.1 Å². The summed E-state index contributed by atoms with van der Waals surface area (Å²) < 4.78 is 6.78. The number of para-hydroxylation sites is 1. The van der Waals surface area contributed by atoms with Gasteiger partial charge in [-0.2, -0.15) is 9.67 Å². The van der Waals surface area contributed by atoms with Gasteiger partial charge in [0.05, 0.1) is 10.7 Å². The highest BCUT2D eigenvalue weighted by Crippen LogP contribution is 2.29. The summed E-state index contributed by atoms with van der Waals surface area (Å²) in [6.07, 6.45) is 0. The van der Waals surface area contributed by atoms with Gasteiger partial charge in [-0.15, -0.1) is 5.10 Å². The second-order valence-corrected chi connectivity index (χ2v) is 5.38. The molecule has 24 heavy (non-hydrogen) atoms. The molecule has 0 atom stereocenters. The maximum absolute atomic E-state index is 6.15. The first-order valence-electron chi connectivity index (χ1n) is 7.09. The number of nitrogen functional groups attached to an aromatic ring is 1. The lowest BCUT2D eigenvalue weighted by Gasteiger charge is -2.01. The van der Waals surface area contributed by atoms with Gasteiger partial charge in [-0.1, -0.05) is 52.3 Å². The quantitative estimate of drug-likeness (QED) is 0.616. The lowest BCUT2D eigenvalue weighted by molar-refractivity contribution is 0.431. The zero-order valence-electron chi connectivity index (χ0n) is 12.3. The predicted octanol–water partition coefficient (Wildman–Crippen LogP) is 3.22. The Labute approximate surface area is 141 Å². The van der Waals surface area contributed by atoms with Crippen LogP contribution in [-0.2, 0) is 0 Å². The Kier molecular flexibility index (Phi) is 3.47. The molecule has 2 aromatic carbocycles. The Bertz CT molecular complexity index is 995. The second-order valence-electron chi connectivity index (χ2n) is 4.97. The summed E-state index contributed by atoms with van der Waals surface area (Å²) in [7, 11) is 0. The molecule has 0 aliphatic rings. The van der Waals surface area contributed by atoms with Crippen molar-refractivity contribution in [3.8, 4) is 28.7 Å². The van der Waals surface area contributed by atoms with Crippen LogP contribution in [0.15, 0.2) is 59.1 Å². The Morgan fingerprint density at radius 1 is 1.00 bits per heavy atom. The van der Waals surface area contributed by atoms with E-state index in [4.69, 9.17) is 21.9 Å². The van der Waals surface area contributed by atoms with Crippen molar-refractivity contribution in [2.24, 2.45) is 0 Å². The first kappa shape index (κ1) is 14.4. The number of benzene rings is 2. The number of hydrogen-bond donors (Lipinski definition) is 1. The van der Waals surface area contributed by atoms with Crippen molar-refractivity contribution in [1.29, 1.82) is 0 Å². The standard InChI is InChI=1S/C16H11ClN6O/c17-12-9-5-4-8-11(12)15-19-16(24-21-15)13-14(18)23(22-20-13)10-6-2-1-3-7-10/h1-9H,18H2. The summed E-state index contributed by atoms with van der Waals surface area (Å²) in [5, 5.41) is 12.6. The van der Waals surface area contributed by atoms with E-state index in [-0.39, 0.29) is 5.89 Å². The van der Waals surface area contributed by atoms with Crippen molar-refractivity contribution in [3.05, 3.63) is 59.6 Å². The molecule has 7 nitrogen and oxygen atoms in total. The second kappa shape index (κ2) is 5.78. The Morgan fingerprint density at radius 3 is 2.54 bits per heavy atom. The number of anilines is 1.